The third-order valence-electron chi connectivity index (χ3n) is 3.60. The Morgan fingerprint density at radius 3 is 2.83 bits per heavy atom. The molecule has 2 aromatic heterocycles. The van der Waals surface area contributed by atoms with Crippen molar-refractivity contribution in [2.45, 2.75) is 0 Å². The summed E-state index contributed by atoms with van der Waals surface area (Å²) in [6, 6.07) is 3.27. The first-order chi connectivity index (χ1) is 11.0. The van der Waals surface area contributed by atoms with Gasteiger partial charge >= 0.3 is 0 Å². The highest BCUT2D eigenvalue weighted by molar-refractivity contribution is 7.92. The van der Waals surface area contributed by atoms with E-state index in [9.17, 15) is 13.2 Å². The Bertz CT molecular complexity index is 813. The normalized spacial score (nSPS) is 15.8. The van der Waals surface area contributed by atoms with Crippen LogP contribution in [-0.4, -0.2) is 72.9 Å². The highest BCUT2D eigenvalue weighted by Crippen LogP contribution is 2.22. The SMILES string of the molecule is CS(=O)(=O)N(CC(=O)N1CCOCC1)c1cccn2ncnc12. The molecule has 3 heterocycles. The average molecular weight is 339 g/mol. The maximum absolute atomic E-state index is 12.4. The molecule has 1 saturated heterocycles. The largest absolute Gasteiger partial charge is 0.378 e. The van der Waals surface area contributed by atoms with Crippen molar-refractivity contribution in [2.24, 2.45) is 0 Å². The van der Waals surface area contributed by atoms with Gasteiger partial charge < -0.3 is 9.64 Å². The summed E-state index contributed by atoms with van der Waals surface area (Å²) in [4.78, 5) is 18.1. The first-order valence-electron chi connectivity index (χ1n) is 7.08. The molecule has 0 aliphatic carbocycles. The molecule has 3 rings (SSSR count). The third-order valence-corrected chi connectivity index (χ3v) is 4.72. The predicted molar refractivity (Wildman–Crippen MR) is 82.6 cm³/mol. The Morgan fingerprint density at radius 1 is 1.39 bits per heavy atom. The highest BCUT2D eigenvalue weighted by atomic mass is 32.2. The van der Waals surface area contributed by atoms with Gasteiger partial charge in [0.15, 0.2) is 5.65 Å². The van der Waals surface area contributed by atoms with Crippen LogP contribution in [0.4, 0.5) is 5.69 Å². The molecule has 0 unspecified atom stereocenters. The second-order valence-electron chi connectivity index (χ2n) is 5.18. The van der Waals surface area contributed by atoms with Crippen molar-refractivity contribution in [3.63, 3.8) is 0 Å². The van der Waals surface area contributed by atoms with E-state index in [4.69, 9.17) is 4.74 Å². The van der Waals surface area contributed by atoms with Crippen LogP contribution in [-0.2, 0) is 19.6 Å². The summed E-state index contributed by atoms with van der Waals surface area (Å²) in [6.07, 6.45) is 4.07. The minimum atomic E-state index is -3.65. The molecule has 0 spiro atoms. The molecule has 1 aliphatic heterocycles. The molecule has 9 nitrogen and oxygen atoms in total. The van der Waals surface area contributed by atoms with Gasteiger partial charge in [-0.1, -0.05) is 0 Å². The number of pyridine rings is 1. The maximum atomic E-state index is 12.4. The minimum Gasteiger partial charge on any atom is -0.378 e. The smallest absolute Gasteiger partial charge is 0.243 e. The maximum Gasteiger partial charge on any atom is 0.243 e. The molecular formula is C13H17N5O4S. The number of rotatable bonds is 4. The van der Waals surface area contributed by atoms with Crippen LogP contribution in [0.5, 0.6) is 0 Å². The predicted octanol–water partition coefficient (Wildman–Crippen LogP) is -0.646. The van der Waals surface area contributed by atoms with E-state index >= 15 is 0 Å². The van der Waals surface area contributed by atoms with Crippen molar-refractivity contribution < 1.29 is 17.9 Å². The fraction of sp³-hybridized carbons (Fsp3) is 0.462. The average Bonchev–Trinajstić information content (AvgIpc) is 3.01. The number of hydrogen-bond donors (Lipinski definition) is 0. The van der Waals surface area contributed by atoms with Crippen molar-refractivity contribution in [3.05, 3.63) is 24.7 Å². The van der Waals surface area contributed by atoms with Crippen molar-refractivity contribution in [3.8, 4) is 0 Å². The van der Waals surface area contributed by atoms with Crippen LogP contribution in [0.25, 0.3) is 5.65 Å². The number of anilines is 1. The Kier molecular flexibility index (Phi) is 4.18. The number of carbonyl (C=O) groups is 1. The Labute approximate surface area is 133 Å². The van der Waals surface area contributed by atoms with Gasteiger partial charge in [0.1, 0.15) is 12.9 Å². The number of hydrogen-bond acceptors (Lipinski definition) is 6. The zero-order valence-corrected chi connectivity index (χ0v) is 13.4. The number of amides is 1. The molecule has 0 saturated carbocycles. The van der Waals surface area contributed by atoms with E-state index in [1.54, 1.807) is 23.2 Å². The van der Waals surface area contributed by atoms with Crippen LogP contribution in [0.15, 0.2) is 24.7 Å². The standard InChI is InChI=1S/C13H17N5O4S/c1-23(20,21)18(9-12(19)16-5-7-22-8-6-16)11-3-2-4-17-13(11)14-10-15-17/h2-4,10H,5-9H2,1H3. The van der Waals surface area contributed by atoms with Gasteiger partial charge in [0.2, 0.25) is 15.9 Å². The zero-order chi connectivity index (χ0) is 16.4. The number of carbonyl (C=O) groups excluding carboxylic acids is 1. The van der Waals surface area contributed by atoms with E-state index in [1.165, 1.54) is 10.8 Å². The van der Waals surface area contributed by atoms with Crippen LogP contribution < -0.4 is 4.31 Å². The molecule has 1 fully saturated rings. The summed E-state index contributed by atoms with van der Waals surface area (Å²) in [6.45, 7) is 1.58. The van der Waals surface area contributed by atoms with Gasteiger partial charge in [-0.25, -0.2) is 17.9 Å². The number of sulfonamides is 1. The summed E-state index contributed by atoms with van der Waals surface area (Å²) < 4.78 is 32.1. The molecule has 1 amide bonds. The first-order valence-corrected chi connectivity index (χ1v) is 8.93. The van der Waals surface area contributed by atoms with Gasteiger partial charge in [-0.3, -0.25) is 9.10 Å². The lowest BCUT2D eigenvalue weighted by molar-refractivity contribution is -0.133. The van der Waals surface area contributed by atoms with E-state index in [0.717, 1.165) is 10.6 Å². The summed E-state index contributed by atoms with van der Waals surface area (Å²) in [5, 5.41) is 3.99. The van der Waals surface area contributed by atoms with E-state index in [-0.39, 0.29) is 12.5 Å². The molecule has 124 valence electrons. The summed E-state index contributed by atoms with van der Waals surface area (Å²) in [5.41, 5.74) is 0.710. The molecule has 10 heteroatoms. The van der Waals surface area contributed by atoms with Crippen molar-refractivity contribution >= 4 is 27.3 Å². The van der Waals surface area contributed by atoms with Gasteiger partial charge in [0.25, 0.3) is 0 Å². The Balaban J connectivity index is 1.92. The number of nitrogens with zero attached hydrogens (tertiary/aromatic N) is 5. The van der Waals surface area contributed by atoms with Gasteiger partial charge in [-0.15, -0.1) is 0 Å². The molecule has 2 aromatic rings. The lowest BCUT2D eigenvalue weighted by atomic mass is 10.3. The fourth-order valence-electron chi connectivity index (χ4n) is 2.44. The third kappa shape index (κ3) is 3.27. The van der Waals surface area contributed by atoms with E-state index in [2.05, 4.69) is 10.1 Å². The molecule has 0 radical (unpaired) electrons. The van der Waals surface area contributed by atoms with E-state index in [1.807, 2.05) is 0 Å². The van der Waals surface area contributed by atoms with Crippen LogP contribution >= 0.6 is 0 Å². The molecule has 1 aliphatic rings. The molecule has 0 bridgehead atoms. The minimum absolute atomic E-state index is 0.264. The second-order valence-corrected chi connectivity index (χ2v) is 7.09. The lowest BCUT2D eigenvalue weighted by Crippen LogP contribution is -2.47. The van der Waals surface area contributed by atoms with E-state index < -0.39 is 10.0 Å². The van der Waals surface area contributed by atoms with Crippen LogP contribution in [0.3, 0.4) is 0 Å². The Hall–Kier alpha value is -2.20. The number of morpholine rings is 1. The number of ether oxygens (including phenoxy) is 1. The van der Waals surface area contributed by atoms with Gasteiger partial charge in [0.05, 0.1) is 25.2 Å². The molecule has 0 atom stereocenters. The summed E-state index contributed by atoms with van der Waals surface area (Å²) in [5.74, 6) is -0.264. The first kappa shape index (κ1) is 15.7. The van der Waals surface area contributed by atoms with Crippen LogP contribution in [0.1, 0.15) is 0 Å². The monoisotopic (exact) mass is 339 g/mol. The van der Waals surface area contributed by atoms with Gasteiger partial charge in [-0.05, 0) is 12.1 Å². The summed E-state index contributed by atoms with van der Waals surface area (Å²) in [7, 11) is -3.65. The zero-order valence-electron chi connectivity index (χ0n) is 12.6. The molecule has 0 aromatic carbocycles. The molecule has 0 N–H and O–H groups in total. The topological polar surface area (TPSA) is 97.1 Å². The highest BCUT2D eigenvalue weighted by Gasteiger charge is 2.27. The van der Waals surface area contributed by atoms with Gasteiger partial charge in [-0.2, -0.15) is 5.10 Å². The quantitative estimate of drug-likeness (QED) is 0.735. The lowest BCUT2D eigenvalue weighted by Gasteiger charge is -2.30. The van der Waals surface area contributed by atoms with Crippen molar-refractivity contribution in [2.75, 3.05) is 43.4 Å². The Morgan fingerprint density at radius 2 is 2.13 bits per heavy atom. The van der Waals surface area contributed by atoms with Gasteiger partial charge in [0, 0.05) is 19.3 Å². The number of fused-ring (bicyclic) bond motifs is 1. The van der Waals surface area contributed by atoms with E-state index in [0.29, 0.717) is 37.6 Å². The molecular weight excluding hydrogens is 322 g/mol. The van der Waals surface area contributed by atoms with Crippen LogP contribution in [0, 0.1) is 0 Å². The second kappa shape index (κ2) is 6.13. The summed E-state index contributed by atoms with van der Waals surface area (Å²) >= 11 is 0. The van der Waals surface area contributed by atoms with Crippen molar-refractivity contribution in [1.82, 2.24) is 19.5 Å². The fourth-order valence-corrected chi connectivity index (χ4v) is 3.29. The van der Waals surface area contributed by atoms with Crippen LogP contribution in [0.2, 0.25) is 0 Å². The number of aromatic nitrogens is 3. The van der Waals surface area contributed by atoms with Crippen molar-refractivity contribution in [1.29, 1.82) is 0 Å². The molecule has 23 heavy (non-hydrogen) atoms.